The molecule has 1 unspecified atom stereocenters. The Kier molecular flexibility index (Phi) is 5.43. The number of amides is 1. The van der Waals surface area contributed by atoms with Crippen LogP contribution in [0.2, 0.25) is 0 Å². The van der Waals surface area contributed by atoms with Crippen LogP contribution in [0.5, 0.6) is 0 Å². The number of carbonyl (C=O) groups is 1. The molecule has 2 aromatic carbocycles. The Balaban J connectivity index is 1.53. The van der Waals surface area contributed by atoms with E-state index in [1.807, 2.05) is 60.8 Å². The first-order valence-corrected chi connectivity index (χ1v) is 10.5. The summed E-state index contributed by atoms with van der Waals surface area (Å²) >= 11 is 1.75. The third-order valence-corrected chi connectivity index (χ3v) is 5.20. The third kappa shape index (κ3) is 3.94. The number of nitrogens with zero attached hydrogens (tertiary/aromatic N) is 3. The molecule has 4 aromatic rings. The molecule has 2 N–H and O–H groups in total. The largest absolute Gasteiger partial charge is 0.342 e. The minimum absolute atomic E-state index is 0.112. The van der Waals surface area contributed by atoms with Gasteiger partial charge in [-0.25, -0.2) is 9.67 Å². The SMILES string of the molecule is CSCCC(NC(=O)c1ccc(-n2cccn2)cc1)c1nc2ccccc2[nH]1. The summed E-state index contributed by atoms with van der Waals surface area (Å²) in [5.74, 6) is 1.61. The number of H-pyrrole nitrogens is 1. The quantitative estimate of drug-likeness (QED) is 0.500. The first-order valence-electron chi connectivity index (χ1n) is 9.09. The number of aromatic nitrogens is 4. The number of carbonyl (C=O) groups excluding carboxylic acids is 1. The van der Waals surface area contributed by atoms with E-state index in [1.165, 1.54) is 0 Å². The van der Waals surface area contributed by atoms with E-state index in [0.717, 1.165) is 34.7 Å². The van der Waals surface area contributed by atoms with Crippen LogP contribution in [0.4, 0.5) is 0 Å². The molecular weight excluding hydrogens is 370 g/mol. The molecule has 7 heteroatoms. The maximum absolute atomic E-state index is 12.8. The molecule has 0 aliphatic rings. The van der Waals surface area contributed by atoms with Crippen LogP contribution in [0.3, 0.4) is 0 Å². The number of nitrogens with one attached hydrogen (secondary N) is 2. The number of para-hydroxylation sites is 2. The van der Waals surface area contributed by atoms with Crippen molar-refractivity contribution in [2.75, 3.05) is 12.0 Å². The zero-order valence-corrected chi connectivity index (χ0v) is 16.3. The van der Waals surface area contributed by atoms with Gasteiger partial charge in [0, 0.05) is 18.0 Å². The molecule has 0 aliphatic carbocycles. The number of hydrogen-bond donors (Lipinski definition) is 2. The predicted octanol–water partition coefficient (Wildman–Crippen LogP) is 3.97. The molecule has 28 heavy (non-hydrogen) atoms. The molecule has 2 heterocycles. The lowest BCUT2D eigenvalue weighted by Gasteiger charge is -2.16. The average molecular weight is 392 g/mol. The molecule has 1 amide bonds. The predicted molar refractivity (Wildman–Crippen MR) is 113 cm³/mol. The molecule has 6 nitrogen and oxygen atoms in total. The van der Waals surface area contributed by atoms with Crippen LogP contribution in [-0.2, 0) is 0 Å². The molecule has 0 radical (unpaired) electrons. The van der Waals surface area contributed by atoms with Gasteiger partial charge in [-0.05, 0) is 60.9 Å². The van der Waals surface area contributed by atoms with Gasteiger partial charge in [0.05, 0.1) is 22.8 Å². The molecule has 4 rings (SSSR count). The van der Waals surface area contributed by atoms with E-state index < -0.39 is 0 Å². The maximum Gasteiger partial charge on any atom is 0.251 e. The van der Waals surface area contributed by atoms with Gasteiger partial charge in [0.15, 0.2) is 0 Å². The standard InChI is InChI=1S/C21H21N5OS/c1-28-14-11-19(20-23-17-5-2-3-6-18(17)24-20)25-21(27)15-7-9-16(10-8-15)26-13-4-12-22-26/h2-10,12-13,19H,11,14H2,1H3,(H,23,24)(H,25,27). The molecule has 0 spiro atoms. The van der Waals surface area contributed by atoms with Crippen molar-refractivity contribution in [3.8, 4) is 5.69 Å². The molecule has 2 aromatic heterocycles. The zero-order valence-electron chi connectivity index (χ0n) is 15.5. The van der Waals surface area contributed by atoms with E-state index in [9.17, 15) is 4.79 Å². The zero-order chi connectivity index (χ0) is 19.3. The first-order chi connectivity index (χ1) is 13.7. The Bertz CT molecular complexity index is 1020. The highest BCUT2D eigenvalue weighted by molar-refractivity contribution is 7.98. The number of hydrogen-bond acceptors (Lipinski definition) is 4. The second-order valence-electron chi connectivity index (χ2n) is 6.44. The molecule has 0 saturated heterocycles. The monoisotopic (exact) mass is 391 g/mol. The highest BCUT2D eigenvalue weighted by atomic mass is 32.2. The number of imidazole rings is 1. The van der Waals surface area contributed by atoms with E-state index in [0.29, 0.717) is 5.56 Å². The summed E-state index contributed by atoms with van der Waals surface area (Å²) in [4.78, 5) is 20.8. The second kappa shape index (κ2) is 8.31. The van der Waals surface area contributed by atoms with Gasteiger partial charge >= 0.3 is 0 Å². The van der Waals surface area contributed by atoms with Gasteiger partial charge in [-0.15, -0.1) is 0 Å². The van der Waals surface area contributed by atoms with Crippen molar-refractivity contribution in [3.05, 3.63) is 78.4 Å². The first kappa shape index (κ1) is 18.3. The van der Waals surface area contributed by atoms with Crippen molar-refractivity contribution in [2.24, 2.45) is 0 Å². The molecule has 142 valence electrons. The van der Waals surface area contributed by atoms with E-state index in [-0.39, 0.29) is 11.9 Å². The topological polar surface area (TPSA) is 75.6 Å². The third-order valence-electron chi connectivity index (χ3n) is 4.55. The Morgan fingerprint density at radius 1 is 1.18 bits per heavy atom. The van der Waals surface area contributed by atoms with E-state index >= 15 is 0 Å². The fraction of sp³-hybridized carbons (Fsp3) is 0.190. The van der Waals surface area contributed by atoms with Crippen molar-refractivity contribution in [1.82, 2.24) is 25.1 Å². The normalized spacial score (nSPS) is 12.2. The summed E-state index contributed by atoms with van der Waals surface area (Å²) in [5, 5.41) is 7.34. The Morgan fingerprint density at radius 2 is 2.00 bits per heavy atom. The molecular formula is C21H21N5OS. The van der Waals surface area contributed by atoms with E-state index in [4.69, 9.17) is 0 Å². The number of aromatic amines is 1. The number of fused-ring (bicyclic) bond motifs is 1. The molecule has 1 atom stereocenters. The summed E-state index contributed by atoms with van der Waals surface area (Å²) in [5.41, 5.74) is 3.41. The highest BCUT2D eigenvalue weighted by Crippen LogP contribution is 2.21. The smallest absolute Gasteiger partial charge is 0.251 e. The summed E-state index contributed by atoms with van der Waals surface area (Å²) in [6.45, 7) is 0. The second-order valence-corrected chi connectivity index (χ2v) is 7.43. The van der Waals surface area contributed by atoms with Crippen molar-refractivity contribution >= 4 is 28.7 Å². The Morgan fingerprint density at radius 3 is 2.71 bits per heavy atom. The van der Waals surface area contributed by atoms with Crippen LogP contribution in [0.25, 0.3) is 16.7 Å². The van der Waals surface area contributed by atoms with Gasteiger partial charge < -0.3 is 10.3 Å². The number of thioether (sulfide) groups is 1. The van der Waals surface area contributed by atoms with Crippen LogP contribution in [0.15, 0.2) is 67.0 Å². The molecule has 0 bridgehead atoms. The molecule has 0 fully saturated rings. The summed E-state index contributed by atoms with van der Waals surface area (Å²) in [7, 11) is 0. The van der Waals surface area contributed by atoms with Gasteiger partial charge in [-0.2, -0.15) is 16.9 Å². The van der Waals surface area contributed by atoms with E-state index in [1.54, 1.807) is 22.6 Å². The fourth-order valence-corrected chi connectivity index (χ4v) is 3.55. The number of rotatable bonds is 7. The Hall–Kier alpha value is -3.06. The molecule has 0 aliphatic heterocycles. The van der Waals surface area contributed by atoms with Crippen molar-refractivity contribution in [2.45, 2.75) is 12.5 Å². The average Bonchev–Trinajstić information content (AvgIpc) is 3.41. The van der Waals surface area contributed by atoms with Crippen LogP contribution >= 0.6 is 11.8 Å². The fourth-order valence-electron chi connectivity index (χ4n) is 3.08. The van der Waals surface area contributed by atoms with Crippen molar-refractivity contribution < 1.29 is 4.79 Å². The number of benzene rings is 2. The lowest BCUT2D eigenvalue weighted by Crippen LogP contribution is -2.29. The lowest BCUT2D eigenvalue weighted by molar-refractivity contribution is 0.0934. The van der Waals surface area contributed by atoms with Crippen LogP contribution in [0.1, 0.15) is 28.6 Å². The van der Waals surface area contributed by atoms with Gasteiger partial charge in [0.2, 0.25) is 0 Å². The minimum atomic E-state index is -0.168. The van der Waals surface area contributed by atoms with Crippen molar-refractivity contribution in [3.63, 3.8) is 0 Å². The highest BCUT2D eigenvalue weighted by Gasteiger charge is 2.19. The van der Waals surface area contributed by atoms with Crippen molar-refractivity contribution in [1.29, 1.82) is 0 Å². The maximum atomic E-state index is 12.8. The van der Waals surface area contributed by atoms with Gasteiger partial charge in [-0.1, -0.05) is 12.1 Å². The lowest BCUT2D eigenvalue weighted by atomic mass is 10.1. The van der Waals surface area contributed by atoms with Gasteiger partial charge in [0.25, 0.3) is 5.91 Å². The summed E-state index contributed by atoms with van der Waals surface area (Å²) in [6, 6.07) is 17.0. The summed E-state index contributed by atoms with van der Waals surface area (Å²) < 4.78 is 1.76. The minimum Gasteiger partial charge on any atom is -0.342 e. The van der Waals surface area contributed by atoms with Crippen LogP contribution in [0, 0.1) is 0 Å². The van der Waals surface area contributed by atoms with Gasteiger partial charge in [0.1, 0.15) is 5.82 Å². The van der Waals surface area contributed by atoms with Crippen LogP contribution < -0.4 is 5.32 Å². The van der Waals surface area contributed by atoms with Crippen LogP contribution in [-0.4, -0.2) is 37.7 Å². The molecule has 0 saturated carbocycles. The van der Waals surface area contributed by atoms with Gasteiger partial charge in [-0.3, -0.25) is 4.79 Å². The summed E-state index contributed by atoms with van der Waals surface area (Å²) in [6.07, 6.45) is 6.46. The Labute approximate surface area is 167 Å². The van der Waals surface area contributed by atoms with E-state index in [2.05, 4.69) is 26.6 Å².